The third-order valence-corrected chi connectivity index (χ3v) is 9.56. The fourth-order valence-electron chi connectivity index (χ4n) is 6.98. The highest BCUT2D eigenvalue weighted by atomic mass is 16.3. The molecule has 5 heteroatoms. The average molecular weight is 653 g/mol. The first-order chi connectivity index (χ1) is 25.2. The van der Waals surface area contributed by atoms with Gasteiger partial charge in [-0.1, -0.05) is 133 Å². The zero-order valence-electron chi connectivity index (χ0n) is 27.4. The van der Waals surface area contributed by atoms with E-state index in [0.717, 1.165) is 71.8 Å². The molecule has 10 aromatic rings. The van der Waals surface area contributed by atoms with Crippen LogP contribution in [0.25, 0.3) is 100 Å². The van der Waals surface area contributed by atoms with Crippen LogP contribution >= 0.6 is 0 Å². The highest BCUT2D eigenvalue weighted by Crippen LogP contribution is 2.40. The van der Waals surface area contributed by atoms with Gasteiger partial charge in [-0.25, -0.2) is 15.0 Å². The maximum atomic E-state index is 6.55. The van der Waals surface area contributed by atoms with E-state index in [4.69, 9.17) is 24.4 Å². The van der Waals surface area contributed by atoms with Gasteiger partial charge in [0.2, 0.25) is 0 Å². The number of pyridine rings is 1. The second-order valence-corrected chi connectivity index (χ2v) is 12.7. The third-order valence-electron chi connectivity index (χ3n) is 9.56. The van der Waals surface area contributed by atoms with E-state index in [1.165, 1.54) is 10.8 Å². The van der Waals surface area contributed by atoms with Crippen LogP contribution < -0.4 is 0 Å². The molecule has 7 aromatic carbocycles. The molecule has 3 heterocycles. The van der Waals surface area contributed by atoms with Gasteiger partial charge in [0.25, 0.3) is 0 Å². The molecule has 0 aliphatic heterocycles. The summed E-state index contributed by atoms with van der Waals surface area (Å²) in [5.74, 6) is 1.89. The Morgan fingerprint density at radius 3 is 1.65 bits per heavy atom. The van der Waals surface area contributed by atoms with E-state index in [2.05, 4.69) is 91.0 Å². The minimum absolute atomic E-state index is 0.617. The van der Waals surface area contributed by atoms with Crippen molar-refractivity contribution in [1.82, 2.24) is 19.9 Å². The van der Waals surface area contributed by atoms with Crippen LogP contribution in [-0.2, 0) is 0 Å². The summed E-state index contributed by atoms with van der Waals surface area (Å²) in [4.78, 5) is 19.6. The summed E-state index contributed by atoms with van der Waals surface area (Å²) in [7, 11) is 0. The molecule has 0 saturated carbocycles. The Morgan fingerprint density at radius 2 is 0.941 bits per heavy atom. The lowest BCUT2D eigenvalue weighted by Crippen LogP contribution is -2.00. The van der Waals surface area contributed by atoms with Gasteiger partial charge in [0.15, 0.2) is 17.5 Å². The predicted molar refractivity (Wildman–Crippen MR) is 207 cm³/mol. The van der Waals surface area contributed by atoms with E-state index in [1.54, 1.807) is 0 Å². The smallest absolute Gasteiger partial charge is 0.164 e. The van der Waals surface area contributed by atoms with Gasteiger partial charge in [-0.05, 0) is 52.2 Å². The van der Waals surface area contributed by atoms with Gasteiger partial charge in [-0.2, -0.15) is 0 Å². The maximum absolute atomic E-state index is 6.55. The average Bonchev–Trinajstić information content (AvgIpc) is 3.59. The molecule has 5 nitrogen and oxygen atoms in total. The SMILES string of the molecule is c1ccc(-c2nc(-c3ccccc3)nc(-c3ccc(-c4cc(-c5cnc6ccc7ccccc7c6c5)cc5c4oc4ccccc45)cc3)n2)cc1. The van der Waals surface area contributed by atoms with Crippen LogP contribution in [0.4, 0.5) is 0 Å². The van der Waals surface area contributed by atoms with Crippen LogP contribution in [0, 0.1) is 0 Å². The van der Waals surface area contributed by atoms with Crippen molar-refractivity contribution < 1.29 is 4.42 Å². The van der Waals surface area contributed by atoms with Crippen molar-refractivity contribution in [3.8, 4) is 56.4 Å². The maximum Gasteiger partial charge on any atom is 0.164 e. The second kappa shape index (κ2) is 11.9. The fraction of sp³-hybridized carbons (Fsp3) is 0. The Balaban J connectivity index is 1.12. The molecule has 0 aliphatic carbocycles. The highest BCUT2D eigenvalue weighted by Gasteiger charge is 2.17. The predicted octanol–water partition coefficient (Wildman–Crippen LogP) is 11.8. The van der Waals surface area contributed by atoms with Crippen LogP contribution in [0.5, 0.6) is 0 Å². The van der Waals surface area contributed by atoms with E-state index >= 15 is 0 Å². The minimum atomic E-state index is 0.617. The number of benzene rings is 7. The lowest BCUT2D eigenvalue weighted by Gasteiger charge is -2.11. The van der Waals surface area contributed by atoms with Gasteiger partial charge in [-0.15, -0.1) is 0 Å². The number of nitrogens with zero attached hydrogens (tertiary/aromatic N) is 4. The summed E-state index contributed by atoms with van der Waals surface area (Å²) in [5, 5.41) is 5.68. The van der Waals surface area contributed by atoms with E-state index in [0.29, 0.717) is 17.5 Å². The first-order valence-corrected chi connectivity index (χ1v) is 17.0. The van der Waals surface area contributed by atoms with E-state index in [1.807, 2.05) is 79.0 Å². The number of hydrogen-bond donors (Lipinski definition) is 0. The number of hydrogen-bond acceptors (Lipinski definition) is 5. The molecular formula is C46H28N4O. The molecule has 10 rings (SSSR count). The van der Waals surface area contributed by atoms with Crippen molar-refractivity contribution in [3.63, 3.8) is 0 Å². The first-order valence-electron chi connectivity index (χ1n) is 17.0. The molecule has 3 aromatic heterocycles. The van der Waals surface area contributed by atoms with Crippen LogP contribution in [0.15, 0.2) is 174 Å². The second-order valence-electron chi connectivity index (χ2n) is 12.7. The molecule has 0 fully saturated rings. The normalized spacial score (nSPS) is 11.5. The fourth-order valence-corrected chi connectivity index (χ4v) is 6.98. The highest BCUT2D eigenvalue weighted by molar-refractivity contribution is 6.12. The molecule has 0 unspecified atom stereocenters. The molecule has 0 aliphatic rings. The molecule has 0 bridgehead atoms. The number of rotatable bonds is 5. The van der Waals surface area contributed by atoms with Gasteiger partial charge in [0.05, 0.1) is 5.52 Å². The lowest BCUT2D eigenvalue weighted by molar-refractivity contribution is 0.670. The molecule has 0 amide bonds. The standard InChI is InChI=1S/C46H28N4O/c1-3-12-31(13-4-1)44-48-45(32-14-5-2-6-15-32)50-46(49-44)33-21-19-30(20-22-33)38-25-34(26-40-37-17-9-10-18-42(37)51-43(38)40)35-27-39-36-16-8-7-11-29(36)23-24-41(39)47-28-35/h1-28H. The zero-order chi connectivity index (χ0) is 33.7. The summed E-state index contributed by atoms with van der Waals surface area (Å²) in [6, 6.07) is 56.1. The molecule has 51 heavy (non-hydrogen) atoms. The van der Waals surface area contributed by atoms with Gasteiger partial charge >= 0.3 is 0 Å². The Morgan fingerprint density at radius 1 is 0.373 bits per heavy atom. The van der Waals surface area contributed by atoms with Crippen molar-refractivity contribution in [1.29, 1.82) is 0 Å². The molecule has 0 spiro atoms. The topological polar surface area (TPSA) is 64.7 Å². The third kappa shape index (κ3) is 5.11. The van der Waals surface area contributed by atoms with Gasteiger partial charge < -0.3 is 4.42 Å². The first kappa shape index (κ1) is 29.0. The van der Waals surface area contributed by atoms with Crippen LogP contribution in [0.3, 0.4) is 0 Å². The van der Waals surface area contributed by atoms with Crippen LogP contribution in [0.1, 0.15) is 0 Å². The van der Waals surface area contributed by atoms with Crippen molar-refractivity contribution in [3.05, 3.63) is 170 Å². The van der Waals surface area contributed by atoms with Gasteiger partial charge in [-0.3, -0.25) is 4.98 Å². The molecule has 0 atom stereocenters. The van der Waals surface area contributed by atoms with Crippen LogP contribution in [0.2, 0.25) is 0 Å². The number of fused-ring (bicyclic) bond motifs is 6. The lowest BCUT2D eigenvalue weighted by atomic mass is 9.94. The Hall–Kier alpha value is -6.98. The Bertz CT molecular complexity index is 2840. The Labute approximate surface area is 293 Å². The van der Waals surface area contributed by atoms with E-state index in [-0.39, 0.29) is 0 Å². The molecular weight excluding hydrogens is 625 g/mol. The zero-order valence-corrected chi connectivity index (χ0v) is 27.4. The van der Waals surface area contributed by atoms with Crippen molar-refractivity contribution in [2.24, 2.45) is 0 Å². The summed E-state index contributed by atoms with van der Waals surface area (Å²) in [6.45, 7) is 0. The van der Waals surface area contributed by atoms with Crippen molar-refractivity contribution >= 4 is 43.6 Å². The summed E-state index contributed by atoms with van der Waals surface area (Å²) < 4.78 is 6.55. The Kier molecular flexibility index (Phi) is 6.74. The number of aromatic nitrogens is 4. The molecule has 0 radical (unpaired) electrons. The quantitative estimate of drug-likeness (QED) is 0.173. The largest absolute Gasteiger partial charge is 0.455 e. The summed E-state index contributed by atoms with van der Waals surface area (Å²) >= 11 is 0. The van der Waals surface area contributed by atoms with Crippen molar-refractivity contribution in [2.75, 3.05) is 0 Å². The van der Waals surface area contributed by atoms with Gasteiger partial charge in [0, 0.05) is 50.2 Å². The summed E-state index contributed by atoms with van der Waals surface area (Å²) in [6.07, 6.45) is 1.98. The molecule has 238 valence electrons. The van der Waals surface area contributed by atoms with E-state index < -0.39 is 0 Å². The van der Waals surface area contributed by atoms with Crippen LogP contribution in [-0.4, -0.2) is 19.9 Å². The number of furan rings is 1. The minimum Gasteiger partial charge on any atom is -0.455 e. The number of para-hydroxylation sites is 1. The monoisotopic (exact) mass is 652 g/mol. The van der Waals surface area contributed by atoms with Crippen molar-refractivity contribution in [2.45, 2.75) is 0 Å². The molecule has 0 saturated heterocycles. The summed E-state index contributed by atoms with van der Waals surface area (Å²) in [5.41, 5.74) is 9.64. The molecule has 0 N–H and O–H groups in total. The van der Waals surface area contributed by atoms with Gasteiger partial charge in [0.1, 0.15) is 11.2 Å². The van der Waals surface area contributed by atoms with E-state index in [9.17, 15) is 0 Å².